The first-order valence-electron chi connectivity index (χ1n) is 6.44. The van der Waals surface area contributed by atoms with Crippen LogP contribution in [0.2, 0.25) is 0 Å². The van der Waals surface area contributed by atoms with Crippen molar-refractivity contribution in [1.29, 1.82) is 0 Å². The number of nitrogens with one attached hydrogen (secondary N) is 1. The average molecular weight is 360 g/mol. The van der Waals surface area contributed by atoms with E-state index in [1.165, 1.54) is 24.5 Å². The van der Waals surface area contributed by atoms with Crippen molar-refractivity contribution < 1.29 is 13.2 Å². The molecule has 0 fully saturated rings. The van der Waals surface area contributed by atoms with Gasteiger partial charge in [-0.3, -0.25) is 10.1 Å². The van der Waals surface area contributed by atoms with Crippen LogP contribution in [-0.2, 0) is 14.8 Å². The SMILES string of the molecule is CC(C)c1nnc(NC(=O)CN(C)S(=O)(=O)c2cccs2)s1. The van der Waals surface area contributed by atoms with Gasteiger partial charge >= 0.3 is 0 Å². The van der Waals surface area contributed by atoms with E-state index >= 15 is 0 Å². The maximum absolute atomic E-state index is 12.2. The molecule has 2 aromatic heterocycles. The monoisotopic (exact) mass is 360 g/mol. The van der Waals surface area contributed by atoms with Crippen molar-refractivity contribution >= 4 is 43.7 Å². The Morgan fingerprint density at radius 3 is 2.68 bits per heavy atom. The molecule has 0 unspecified atom stereocenters. The maximum Gasteiger partial charge on any atom is 0.252 e. The van der Waals surface area contributed by atoms with Gasteiger partial charge in [-0.05, 0) is 11.4 Å². The number of hydrogen-bond donors (Lipinski definition) is 1. The molecule has 0 aromatic carbocycles. The minimum absolute atomic E-state index is 0.209. The molecule has 0 aliphatic carbocycles. The third-order valence-electron chi connectivity index (χ3n) is 2.71. The molecule has 2 aromatic rings. The molecule has 0 atom stereocenters. The zero-order valence-electron chi connectivity index (χ0n) is 12.3. The van der Waals surface area contributed by atoms with E-state index in [2.05, 4.69) is 15.5 Å². The molecule has 7 nitrogen and oxygen atoms in total. The molecular weight excluding hydrogens is 344 g/mol. The van der Waals surface area contributed by atoms with Crippen LogP contribution in [0.4, 0.5) is 5.13 Å². The molecule has 120 valence electrons. The Labute approximate surface area is 137 Å². The van der Waals surface area contributed by atoms with Crippen LogP contribution in [0.15, 0.2) is 21.7 Å². The van der Waals surface area contributed by atoms with Gasteiger partial charge in [0.2, 0.25) is 11.0 Å². The minimum Gasteiger partial charge on any atom is -0.299 e. The van der Waals surface area contributed by atoms with Gasteiger partial charge in [-0.15, -0.1) is 21.5 Å². The van der Waals surface area contributed by atoms with Crippen LogP contribution in [0.25, 0.3) is 0 Å². The standard InChI is InChI=1S/C12H16N4O3S3/c1-8(2)11-14-15-12(21-11)13-9(17)7-16(3)22(18,19)10-5-4-6-20-10/h4-6,8H,7H2,1-3H3,(H,13,15,17). The zero-order valence-corrected chi connectivity index (χ0v) is 14.8. The number of likely N-dealkylation sites (N-methyl/N-ethyl adjacent to an activating group) is 1. The van der Waals surface area contributed by atoms with Crippen LogP contribution in [0.3, 0.4) is 0 Å². The van der Waals surface area contributed by atoms with Gasteiger partial charge in [-0.1, -0.05) is 31.3 Å². The molecule has 0 saturated carbocycles. The fraction of sp³-hybridized carbons (Fsp3) is 0.417. The van der Waals surface area contributed by atoms with E-state index in [0.717, 1.165) is 20.6 Å². The highest BCUT2D eigenvalue weighted by Gasteiger charge is 2.24. The van der Waals surface area contributed by atoms with Crippen LogP contribution in [0.1, 0.15) is 24.8 Å². The molecule has 0 aliphatic heterocycles. The van der Waals surface area contributed by atoms with Crippen molar-refractivity contribution in [2.24, 2.45) is 0 Å². The lowest BCUT2D eigenvalue weighted by molar-refractivity contribution is -0.116. The molecule has 0 saturated heterocycles. The number of carbonyl (C=O) groups excluding carboxylic acids is 1. The Balaban J connectivity index is 1.99. The third kappa shape index (κ3) is 3.88. The molecule has 0 bridgehead atoms. The second kappa shape index (κ2) is 6.82. The quantitative estimate of drug-likeness (QED) is 0.850. The topological polar surface area (TPSA) is 92.3 Å². The van der Waals surface area contributed by atoms with Gasteiger partial charge in [0.1, 0.15) is 9.22 Å². The number of amides is 1. The lowest BCUT2D eigenvalue weighted by atomic mass is 10.2. The van der Waals surface area contributed by atoms with E-state index in [1.807, 2.05) is 13.8 Å². The molecule has 22 heavy (non-hydrogen) atoms. The first-order chi connectivity index (χ1) is 10.3. The summed E-state index contributed by atoms with van der Waals surface area (Å²) in [6.07, 6.45) is 0. The summed E-state index contributed by atoms with van der Waals surface area (Å²) in [6.45, 7) is 3.68. The molecule has 1 amide bonds. The first kappa shape index (κ1) is 17.0. The predicted molar refractivity (Wildman–Crippen MR) is 86.8 cm³/mol. The van der Waals surface area contributed by atoms with Crippen molar-refractivity contribution in [3.05, 3.63) is 22.5 Å². The Kier molecular flexibility index (Phi) is 5.27. The van der Waals surface area contributed by atoms with Crippen LogP contribution in [0.5, 0.6) is 0 Å². The van der Waals surface area contributed by atoms with Crippen LogP contribution in [0, 0.1) is 0 Å². The average Bonchev–Trinajstić information content (AvgIpc) is 3.09. The van der Waals surface area contributed by atoms with E-state index in [9.17, 15) is 13.2 Å². The molecule has 10 heteroatoms. The third-order valence-corrected chi connectivity index (χ3v) is 7.02. The summed E-state index contributed by atoms with van der Waals surface area (Å²) >= 11 is 2.40. The van der Waals surface area contributed by atoms with Gasteiger partial charge in [-0.2, -0.15) is 4.31 Å². The van der Waals surface area contributed by atoms with Crippen LogP contribution in [-0.4, -0.2) is 42.4 Å². The second-order valence-electron chi connectivity index (χ2n) is 4.84. The van der Waals surface area contributed by atoms with Gasteiger partial charge in [-0.25, -0.2) is 8.42 Å². The number of rotatable bonds is 6. The molecule has 0 spiro atoms. The Morgan fingerprint density at radius 1 is 1.41 bits per heavy atom. The normalized spacial score (nSPS) is 12.0. The number of carbonyl (C=O) groups is 1. The maximum atomic E-state index is 12.2. The van der Waals surface area contributed by atoms with Gasteiger partial charge in [0.05, 0.1) is 6.54 Å². The van der Waals surface area contributed by atoms with Crippen molar-refractivity contribution in [3.8, 4) is 0 Å². The van der Waals surface area contributed by atoms with E-state index in [1.54, 1.807) is 11.4 Å². The van der Waals surface area contributed by atoms with Crippen LogP contribution >= 0.6 is 22.7 Å². The summed E-state index contributed by atoms with van der Waals surface area (Å²) in [6, 6.07) is 3.16. The minimum atomic E-state index is -3.63. The van der Waals surface area contributed by atoms with Gasteiger partial charge in [0.25, 0.3) is 10.0 Å². The fourth-order valence-electron chi connectivity index (χ4n) is 1.53. The fourth-order valence-corrected chi connectivity index (χ4v) is 4.62. The van der Waals surface area contributed by atoms with Gasteiger partial charge in [0.15, 0.2) is 0 Å². The Bertz CT molecular complexity index is 738. The summed E-state index contributed by atoms with van der Waals surface area (Å²) < 4.78 is 25.6. The van der Waals surface area contributed by atoms with Gasteiger partial charge in [0, 0.05) is 13.0 Å². The summed E-state index contributed by atoms with van der Waals surface area (Å²) in [7, 11) is -2.26. The molecule has 0 radical (unpaired) electrons. The van der Waals surface area contributed by atoms with Crippen molar-refractivity contribution in [1.82, 2.24) is 14.5 Å². The highest BCUT2D eigenvalue weighted by atomic mass is 32.2. The highest BCUT2D eigenvalue weighted by Crippen LogP contribution is 2.23. The van der Waals surface area contributed by atoms with E-state index < -0.39 is 15.9 Å². The Morgan fingerprint density at radius 2 is 2.14 bits per heavy atom. The van der Waals surface area contributed by atoms with Crippen molar-refractivity contribution in [3.63, 3.8) is 0 Å². The first-order valence-corrected chi connectivity index (χ1v) is 9.57. The summed E-state index contributed by atoms with van der Waals surface area (Å²) in [5, 5.41) is 13.3. The lowest BCUT2D eigenvalue weighted by Crippen LogP contribution is -2.34. The summed E-state index contributed by atoms with van der Waals surface area (Å²) in [5.41, 5.74) is 0. The predicted octanol–water partition coefficient (Wildman–Crippen LogP) is 1.98. The number of anilines is 1. The van der Waals surface area contributed by atoms with E-state index in [0.29, 0.717) is 5.13 Å². The van der Waals surface area contributed by atoms with Gasteiger partial charge < -0.3 is 0 Å². The zero-order chi connectivity index (χ0) is 16.3. The lowest BCUT2D eigenvalue weighted by Gasteiger charge is -2.14. The number of sulfonamides is 1. The second-order valence-corrected chi connectivity index (χ2v) is 9.07. The van der Waals surface area contributed by atoms with E-state index in [4.69, 9.17) is 0 Å². The number of aromatic nitrogens is 2. The number of nitrogens with zero attached hydrogens (tertiary/aromatic N) is 3. The largest absolute Gasteiger partial charge is 0.299 e. The van der Waals surface area contributed by atoms with Crippen LogP contribution < -0.4 is 5.32 Å². The Hall–Kier alpha value is -1.36. The molecule has 0 aliphatic rings. The van der Waals surface area contributed by atoms with Crippen molar-refractivity contribution in [2.45, 2.75) is 24.0 Å². The summed E-state index contributed by atoms with van der Waals surface area (Å²) in [4.78, 5) is 11.9. The summed E-state index contributed by atoms with van der Waals surface area (Å²) in [5.74, 6) is -0.223. The molecule has 1 N–H and O–H groups in total. The molecule has 2 heterocycles. The van der Waals surface area contributed by atoms with E-state index in [-0.39, 0.29) is 16.7 Å². The highest BCUT2D eigenvalue weighted by molar-refractivity contribution is 7.91. The number of hydrogen-bond acceptors (Lipinski definition) is 7. The smallest absolute Gasteiger partial charge is 0.252 e. The van der Waals surface area contributed by atoms with Crippen molar-refractivity contribution in [2.75, 3.05) is 18.9 Å². The number of thiophene rings is 1. The molecule has 2 rings (SSSR count). The molecular formula is C12H16N4O3S3.